The van der Waals surface area contributed by atoms with Crippen LogP contribution in [0.25, 0.3) is 0 Å². The Hall–Kier alpha value is 0.440. The van der Waals surface area contributed by atoms with E-state index in [0.29, 0.717) is 6.04 Å². The summed E-state index contributed by atoms with van der Waals surface area (Å²) < 4.78 is 0. The summed E-state index contributed by atoms with van der Waals surface area (Å²) in [4.78, 5) is 2.66. The van der Waals surface area contributed by atoms with Crippen molar-refractivity contribution in [1.29, 1.82) is 0 Å². The summed E-state index contributed by atoms with van der Waals surface area (Å²) in [6.45, 7) is 7.26. The van der Waals surface area contributed by atoms with Crippen molar-refractivity contribution in [2.75, 3.05) is 18.4 Å². The molecule has 0 N–H and O–H groups in total. The van der Waals surface area contributed by atoms with E-state index in [0.717, 1.165) is 11.2 Å². The Bertz CT molecular complexity index is 153. The second-order valence-corrected chi connectivity index (χ2v) is 5.93. The highest BCUT2D eigenvalue weighted by molar-refractivity contribution is 9.09. The molecule has 0 saturated heterocycles. The van der Waals surface area contributed by atoms with E-state index < -0.39 is 0 Å². The van der Waals surface area contributed by atoms with Crippen LogP contribution in [0.2, 0.25) is 0 Å². The number of hydrogen-bond acceptors (Lipinski definition) is 1. The summed E-state index contributed by atoms with van der Waals surface area (Å²) in [7, 11) is 0. The maximum atomic E-state index is 3.53. The third-order valence-electron chi connectivity index (χ3n) is 3.53. The molecule has 90 valence electrons. The molecule has 0 aromatic rings. The molecule has 0 aromatic carbocycles. The van der Waals surface area contributed by atoms with Crippen LogP contribution in [0, 0.1) is 5.92 Å². The summed E-state index contributed by atoms with van der Waals surface area (Å²) in [5.41, 5.74) is 0. The van der Waals surface area contributed by atoms with Gasteiger partial charge in [0.2, 0.25) is 0 Å². The quantitative estimate of drug-likeness (QED) is 0.661. The Morgan fingerprint density at radius 3 is 2.40 bits per heavy atom. The first-order chi connectivity index (χ1) is 7.24. The predicted octanol–water partition coefficient (Wildman–Crippen LogP) is 4.06. The maximum Gasteiger partial charge on any atom is 0.00434 e. The molecule has 1 aliphatic rings. The summed E-state index contributed by atoms with van der Waals surface area (Å²) in [5, 5.41) is 1.14. The van der Waals surface area contributed by atoms with E-state index in [1.165, 1.54) is 51.6 Å². The average Bonchev–Trinajstić information content (AvgIpc) is 2.25. The fourth-order valence-corrected chi connectivity index (χ4v) is 2.78. The van der Waals surface area contributed by atoms with E-state index in [9.17, 15) is 0 Å². The molecule has 1 fully saturated rings. The summed E-state index contributed by atoms with van der Waals surface area (Å²) in [5.74, 6) is 0.983. The molecule has 0 spiro atoms. The van der Waals surface area contributed by atoms with E-state index in [1.54, 1.807) is 0 Å². The van der Waals surface area contributed by atoms with Crippen molar-refractivity contribution in [2.24, 2.45) is 5.92 Å². The standard InChI is InChI=1S/C13H26BrN/c1-12(2)15(10-6-9-14)11-13-7-4-3-5-8-13/h12-13H,3-11H2,1-2H3. The second kappa shape index (κ2) is 7.67. The highest BCUT2D eigenvalue weighted by atomic mass is 79.9. The van der Waals surface area contributed by atoms with Crippen LogP contribution in [0.15, 0.2) is 0 Å². The molecule has 0 radical (unpaired) electrons. The van der Waals surface area contributed by atoms with Crippen LogP contribution in [0.1, 0.15) is 52.4 Å². The zero-order valence-electron chi connectivity index (χ0n) is 10.3. The highest BCUT2D eigenvalue weighted by Gasteiger charge is 2.18. The molecular weight excluding hydrogens is 250 g/mol. The second-order valence-electron chi connectivity index (χ2n) is 5.14. The van der Waals surface area contributed by atoms with Crippen LogP contribution >= 0.6 is 15.9 Å². The summed E-state index contributed by atoms with van der Waals surface area (Å²) in [6.07, 6.45) is 8.63. The minimum atomic E-state index is 0.714. The van der Waals surface area contributed by atoms with Gasteiger partial charge < -0.3 is 4.90 Å². The van der Waals surface area contributed by atoms with E-state index in [4.69, 9.17) is 0 Å². The molecule has 0 unspecified atom stereocenters. The predicted molar refractivity (Wildman–Crippen MR) is 71.7 cm³/mol. The molecule has 2 heteroatoms. The number of nitrogens with zero attached hydrogens (tertiary/aromatic N) is 1. The molecule has 1 saturated carbocycles. The van der Waals surface area contributed by atoms with Crippen LogP contribution in [0.4, 0.5) is 0 Å². The molecule has 0 heterocycles. The van der Waals surface area contributed by atoms with E-state index in [1.807, 2.05) is 0 Å². The fourth-order valence-electron chi connectivity index (χ4n) is 2.52. The summed E-state index contributed by atoms with van der Waals surface area (Å²) in [6, 6.07) is 0.714. The Morgan fingerprint density at radius 2 is 1.87 bits per heavy atom. The zero-order valence-corrected chi connectivity index (χ0v) is 11.9. The van der Waals surface area contributed by atoms with Crippen LogP contribution in [0.5, 0.6) is 0 Å². The minimum absolute atomic E-state index is 0.714. The third-order valence-corrected chi connectivity index (χ3v) is 4.09. The fraction of sp³-hybridized carbons (Fsp3) is 1.00. The number of alkyl halides is 1. The Labute approximate surface area is 104 Å². The highest BCUT2D eigenvalue weighted by Crippen LogP contribution is 2.25. The van der Waals surface area contributed by atoms with Crippen LogP contribution in [0.3, 0.4) is 0 Å². The normalized spacial score (nSPS) is 19.0. The van der Waals surface area contributed by atoms with Gasteiger partial charge in [-0.05, 0) is 45.6 Å². The van der Waals surface area contributed by atoms with Crippen molar-refractivity contribution < 1.29 is 0 Å². The monoisotopic (exact) mass is 275 g/mol. The maximum absolute atomic E-state index is 3.53. The minimum Gasteiger partial charge on any atom is -0.301 e. The lowest BCUT2D eigenvalue weighted by atomic mass is 9.88. The Morgan fingerprint density at radius 1 is 1.20 bits per heavy atom. The molecule has 0 aromatic heterocycles. The zero-order chi connectivity index (χ0) is 11.1. The number of halogens is 1. The van der Waals surface area contributed by atoms with Gasteiger partial charge in [0.25, 0.3) is 0 Å². The molecule has 0 amide bonds. The number of hydrogen-bond donors (Lipinski definition) is 0. The molecule has 0 atom stereocenters. The van der Waals surface area contributed by atoms with Gasteiger partial charge in [-0.1, -0.05) is 35.2 Å². The smallest absolute Gasteiger partial charge is 0.00434 e. The molecule has 0 bridgehead atoms. The van der Waals surface area contributed by atoms with E-state index >= 15 is 0 Å². The first-order valence-electron chi connectivity index (χ1n) is 6.54. The van der Waals surface area contributed by atoms with Crippen molar-refractivity contribution in [1.82, 2.24) is 4.90 Å². The van der Waals surface area contributed by atoms with Gasteiger partial charge in [0.1, 0.15) is 0 Å². The molecule has 15 heavy (non-hydrogen) atoms. The van der Waals surface area contributed by atoms with Gasteiger partial charge in [0.15, 0.2) is 0 Å². The first kappa shape index (κ1) is 13.5. The van der Waals surface area contributed by atoms with E-state index in [-0.39, 0.29) is 0 Å². The Balaban J connectivity index is 2.28. The van der Waals surface area contributed by atoms with Gasteiger partial charge in [-0.2, -0.15) is 0 Å². The Kier molecular flexibility index (Phi) is 6.91. The number of rotatable bonds is 6. The van der Waals surface area contributed by atoms with Gasteiger partial charge in [0, 0.05) is 17.9 Å². The lowest BCUT2D eigenvalue weighted by molar-refractivity contribution is 0.166. The average molecular weight is 276 g/mol. The molecular formula is C13H26BrN. The topological polar surface area (TPSA) is 3.24 Å². The van der Waals surface area contributed by atoms with Crippen LogP contribution < -0.4 is 0 Å². The lowest BCUT2D eigenvalue weighted by Gasteiger charge is -2.32. The van der Waals surface area contributed by atoms with Crippen molar-refractivity contribution in [2.45, 2.75) is 58.4 Å². The van der Waals surface area contributed by atoms with Crippen molar-refractivity contribution in [3.8, 4) is 0 Å². The SMILES string of the molecule is CC(C)N(CCCBr)CC1CCCCC1. The van der Waals surface area contributed by atoms with Crippen molar-refractivity contribution >= 4 is 15.9 Å². The van der Waals surface area contributed by atoms with Gasteiger partial charge in [-0.25, -0.2) is 0 Å². The van der Waals surface area contributed by atoms with Crippen molar-refractivity contribution in [3.05, 3.63) is 0 Å². The van der Waals surface area contributed by atoms with Gasteiger partial charge in [0.05, 0.1) is 0 Å². The molecule has 0 aliphatic heterocycles. The largest absolute Gasteiger partial charge is 0.301 e. The molecule has 1 nitrogen and oxygen atoms in total. The van der Waals surface area contributed by atoms with Gasteiger partial charge in [-0.3, -0.25) is 0 Å². The lowest BCUT2D eigenvalue weighted by Crippen LogP contribution is -2.36. The van der Waals surface area contributed by atoms with Crippen LogP contribution in [-0.4, -0.2) is 29.4 Å². The molecule has 1 aliphatic carbocycles. The van der Waals surface area contributed by atoms with Crippen molar-refractivity contribution in [3.63, 3.8) is 0 Å². The third kappa shape index (κ3) is 5.35. The van der Waals surface area contributed by atoms with Gasteiger partial charge in [-0.15, -0.1) is 0 Å². The van der Waals surface area contributed by atoms with Crippen LogP contribution in [-0.2, 0) is 0 Å². The molecule has 1 rings (SSSR count). The van der Waals surface area contributed by atoms with Gasteiger partial charge >= 0.3 is 0 Å². The summed E-state index contributed by atoms with van der Waals surface area (Å²) >= 11 is 3.53. The van der Waals surface area contributed by atoms with E-state index in [2.05, 4.69) is 34.7 Å². The first-order valence-corrected chi connectivity index (χ1v) is 7.66.